The molecule has 0 radical (unpaired) electrons. The maximum Gasteiger partial charge on any atom is 0.407 e. The molecule has 8 nitrogen and oxygen atoms in total. The van der Waals surface area contributed by atoms with Gasteiger partial charge in [0.25, 0.3) is 0 Å². The molecule has 2 amide bonds. The van der Waals surface area contributed by atoms with E-state index in [0.29, 0.717) is 6.42 Å². The number of hydrogen-bond donors (Lipinski definition) is 3. The number of β-amino-alcohol motifs (C(OH)–C–C–N with tert-alkyl or cyclic N) is 1. The lowest BCUT2D eigenvalue weighted by atomic mass is 9.98. The molecule has 0 saturated carbocycles. The van der Waals surface area contributed by atoms with Crippen molar-refractivity contribution in [2.24, 2.45) is 0 Å². The first-order valence-corrected chi connectivity index (χ1v) is 11.7. The van der Waals surface area contributed by atoms with E-state index in [1.165, 1.54) is 4.90 Å². The van der Waals surface area contributed by atoms with Crippen LogP contribution in [0.4, 0.5) is 4.79 Å². The van der Waals surface area contributed by atoms with Gasteiger partial charge in [-0.25, -0.2) is 9.59 Å². The number of hydrogen-bond acceptors (Lipinski definition) is 5. The highest BCUT2D eigenvalue weighted by atomic mass is 16.5. The SMILES string of the molecule is CCC[C@H](CC(=O)N1CC(O)C[C@H]1C(=O)O)NC(=O)OCC1c2ccccc2-c2ccccc21. The second-order valence-corrected chi connectivity index (χ2v) is 8.95. The fourth-order valence-electron chi connectivity index (χ4n) is 5.03. The number of carbonyl (C=O) groups is 3. The van der Waals surface area contributed by atoms with E-state index in [4.69, 9.17) is 4.74 Å². The average Bonchev–Trinajstić information content (AvgIpc) is 3.36. The highest BCUT2D eigenvalue weighted by molar-refractivity contribution is 5.85. The minimum absolute atomic E-state index is 0.0132. The number of fused-ring (bicyclic) bond motifs is 3. The van der Waals surface area contributed by atoms with E-state index in [0.717, 1.165) is 28.7 Å². The molecule has 180 valence electrons. The number of aliphatic hydroxyl groups excluding tert-OH is 1. The van der Waals surface area contributed by atoms with Crippen molar-refractivity contribution in [2.75, 3.05) is 13.2 Å². The van der Waals surface area contributed by atoms with Gasteiger partial charge in [-0.15, -0.1) is 0 Å². The van der Waals surface area contributed by atoms with Crippen molar-refractivity contribution in [1.82, 2.24) is 10.2 Å². The zero-order valence-corrected chi connectivity index (χ0v) is 19.1. The molecule has 0 aromatic heterocycles. The number of aliphatic carboxylic acids is 1. The van der Waals surface area contributed by atoms with Crippen LogP contribution in [-0.2, 0) is 14.3 Å². The van der Waals surface area contributed by atoms with Crippen LogP contribution in [0.2, 0.25) is 0 Å². The van der Waals surface area contributed by atoms with Crippen LogP contribution < -0.4 is 5.32 Å². The number of carboxylic acids is 1. The van der Waals surface area contributed by atoms with Gasteiger partial charge in [0.05, 0.1) is 6.10 Å². The molecule has 34 heavy (non-hydrogen) atoms. The predicted octanol–water partition coefficient (Wildman–Crippen LogP) is 3.13. The number of amides is 2. The fourth-order valence-corrected chi connectivity index (χ4v) is 5.03. The zero-order chi connectivity index (χ0) is 24.2. The third-order valence-corrected chi connectivity index (χ3v) is 6.61. The van der Waals surface area contributed by atoms with Crippen LogP contribution in [0.25, 0.3) is 11.1 Å². The van der Waals surface area contributed by atoms with Gasteiger partial charge in [0.2, 0.25) is 5.91 Å². The Labute approximate surface area is 198 Å². The maximum atomic E-state index is 12.8. The highest BCUT2D eigenvalue weighted by Gasteiger charge is 2.39. The highest BCUT2D eigenvalue weighted by Crippen LogP contribution is 2.44. The van der Waals surface area contributed by atoms with Gasteiger partial charge in [-0.3, -0.25) is 4.79 Å². The summed E-state index contributed by atoms with van der Waals surface area (Å²) in [4.78, 5) is 38.0. The number of carbonyl (C=O) groups excluding carboxylic acids is 2. The van der Waals surface area contributed by atoms with Gasteiger partial charge in [0.15, 0.2) is 0 Å². The first-order chi connectivity index (χ1) is 16.4. The number of nitrogens with zero attached hydrogens (tertiary/aromatic N) is 1. The van der Waals surface area contributed by atoms with E-state index < -0.39 is 36.2 Å². The Kier molecular flexibility index (Phi) is 7.17. The smallest absolute Gasteiger partial charge is 0.407 e. The predicted molar refractivity (Wildman–Crippen MR) is 125 cm³/mol. The number of nitrogens with one attached hydrogen (secondary N) is 1. The van der Waals surface area contributed by atoms with E-state index in [1.54, 1.807) is 0 Å². The maximum absolute atomic E-state index is 12.8. The summed E-state index contributed by atoms with van der Waals surface area (Å²) >= 11 is 0. The largest absolute Gasteiger partial charge is 0.480 e. The molecular formula is C26H30N2O6. The van der Waals surface area contributed by atoms with Gasteiger partial charge in [0.1, 0.15) is 12.6 Å². The summed E-state index contributed by atoms with van der Waals surface area (Å²) in [5.74, 6) is -1.60. The lowest BCUT2D eigenvalue weighted by Gasteiger charge is -2.25. The lowest BCUT2D eigenvalue weighted by molar-refractivity contribution is -0.148. The van der Waals surface area contributed by atoms with Crippen molar-refractivity contribution < 1.29 is 29.3 Å². The van der Waals surface area contributed by atoms with E-state index >= 15 is 0 Å². The molecule has 0 spiro atoms. The van der Waals surface area contributed by atoms with Crippen molar-refractivity contribution in [1.29, 1.82) is 0 Å². The van der Waals surface area contributed by atoms with Gasteiger partial charge in [-0.1, -0.05) is 61.9 Å². The molecule has 1 fully saturated rings. The third kappa shape index (κ3) is 4.92. The molecule has 3 atom stereocenters. The quantitative estimate of drug-likeness (QED) is 0.551. The van der Waals surface area contributed by atoms with Crippen molar-refractivity contribution >= 4 is 18.0 Å². The van der Waals surface area contributed by atoms with Crippen molar-refractivity contribution in [3.05, 3.63) is 59.7 Å². The Balaban J connectivity index is 1.37. The summed E-state index contributed by atoms with van der Waals surface area (Å²) in [7, 11) is 0. The van der Waals surface area contributed by atoms with Crippen LogP contribution in [0, 0.1) is 0 Å². The molecule has 2 aromatic carbocycles. The minimum Gasteiger partial charge on any atom is -0.480 e. The molecule has 1 aliphatic carbocycles. The van der Waals surface area contributed by atoms with Gasteiger partial charge < -0.3 is 25.2 Å². The monoisotopic (exact) mass is 466 g/mol. The van der Waals surface area contributed by atoms with Gasteiger partial charge in [-0.2, -0.15) is 0 Å². The first kappa shape index (κ1) is 23.8. The molecular weight excluding hydrogens is 436 g/mol. The van der Waals surface area contributed by atoms with Crippen molar-refractivity contribution in [2.45, 2.75) is 56.7 Å². The number of likely N-dealkylation sites (tertiary alicyclic amines) is 1. The Hall–Kier alpha value is -3.39. The summed E-state index contributed by atoms with van der Waals surface area (Å²) in [6.45, 7) is 2.10. The number of carboxylic acid groups (broad SMARTS) is 1. The Bertz CT molecular complexity index is 1030. The molecule has 1 heterocycles. The molecule has 1 unspecified atom stereocenters. The number of ether oxygens (including phenoxy) is 1. The van der Waals surface area contributed by atoms with Crippen LogP contribution in [0.5, 0.6) is 0 Å². The summed E-state index contributed by atoms with van der Waals surface area (Å²) in [6, 6.07) is 14.6. The van der Waals surface area contributed by atoms with Crippen LogP contribution >= 0.6 is 0 Å². The van der Waals surface area contributed by atoms with E-state index in [9.17, 15) is 24.6 Å². The normalized spacial score (nSPS) is 19.9. The topological polar surface area (TPSA) is 116 Å². The number of benzene rings is 2. The fraction of sp³-hybridized carbons (Fsp3) is 0.423. The summed E-state index contributed by atoms with van der Waals surface area (Å²) < 4.78 is 5.59. The molecule has 3 N–H and O–H groups in total. The van der Waals surface area contributed by atoms with E-state index in [2.05, 4.69) is 17.4 Å². The zero-order valence-electron chi connectivity index (χ0n) is 19.1. The van der Waals surface area contributed by atoms with Crippen LogP contribution in [0.15, 0.2) is 48.5 Å². The van der Waals surface area contributed by atoms with Gasteiger partial charge in [-0.05, 0) is 28.7 Å². The molecule has 4 rings (SSSR count). The van der Waals surface area contributed by atoms with Crippen LogP contribution in [0.3, 0.4) is 0 Å². The average molecular weight is 467 g/mol. The lowest BCUT2D eigenvalue weighted by Crippen LogP contribution is -2.45. The minimum atomic E-state index is -1.14. The molecule has 0 bridgehead atoms. The second kappa shape index (κ2) is 10.3. The van der Waals surface area contributed by atoms with Crippen LogP contribution in [-0.4, -0.2) is 64.4 Å². The number of alkyl carbamates (subject to hydrolysis) is 1. The molecule has 2 aromatic rings. The van der Waals surface area contributed by atoms with Gasteiger partial charge in [0, 0.05) is 31.3 Å². The summed E-state index contributed by atoms with van der Waals surface area (Å²) in [5, 5.41) is 21.9. The Morgan fingerprint density at radius 2 is 1.71 bits per heavy atom. The Morgan fingerprint density at radius 3 is 2.29 bits per heavy atom. The number of rotatable bonds is 8. The molecule has 1 aliphatic heterocycles. The molecule has 1 saturated heterocycles. The summed E-state index contributed by atoms with van der Waals surface area (Å²) in [5.41, 5.74) is 4.51. The van der Waals surface area contributed by atoms with Gasteiger partial charge >= 0.3 is 12.1 Å². The molecule has 8 heteroatoms. The first-order valence-electron chi connectivity index (χ1n) is 11.7. The number of aliphatic hydroxyl groups is 1. The van der Waals surface area contributed by atoms with E-state index in [1.807, 2.05) is 43.3 Å². The Morgan fingerprint density at radius 1 is 1.09 bits per heavy atom. The van der Waals surface area contributed by atoms with Crippen LogP contribution in [0.1, 0.15) is 49.7 Å². The van der Waals surface area contributed by atoms with E-state index in [-0.39, 0.29) is 31.9 Å². The third-order valence-electron chi connectivity index (χ3n) is 6.61. The van der Waals surface area contributed by atoms with Crippen molar-refractivity contribution in [3.8, 4) is 11.1 Å². The standard InChI is InChI=1S/C26H30N2O6/c1-2-7-16(12-24(30)28-14-17(29)13-23(28)25(31)32)27-26(33)34-15-22-20-10-5-3-8-18(20)19-9-4-6-11-21(19)22/h3-6,8-11,16-17,22-23,29H,2,7,12-15H2,1H3,(H,27,33)(H,31,32)/t16-,17?,23+/m1/s1. The summed E-state index contributed by atoms with van der Waals surface area (Å²) in [6.07, 6.45) is -0.223. The molecule has 2 aliphatic rings. The second-order valence-electron chi connectivity index (χ2n) is 8.95. The van der Waals surface area contributed by atoms with Crippen molar-refractivity contribution in [3.63, 3.8) is 0 Å².